The Hall–Kier alpha value is -2.79. The van der Waals surface area contributed by atoms with Crippen LogP contribution in [0.2, 0.25) is 0 Å². The Bertz CT molecular complexity index is 2260. The quantitative estimate of drug-likeness (QED) is 0.0555. The predicted molar refractivity (Wildman–Crippen MR) is 248 cm³/mol. The van der Waals surface area contributed by atoms with Crippen LogP contribution in [0.25, 0.3) is 0 Å². The molecule has 14 nitrogen and oxygen atoms in total. The van der Waals surface area contributed by atoms with Crippen molar-refractivity contribution in [1.29, 1.82) is 0 Å². The van der Waals surface area contributed by atoms with Gasteiger partial charge in [0.2, 0.25) is 0 Å². The Morgan fingerprint density at radius 1 is 0.941 bits per heavy atom. The van der Waals surface area contributed by atoms with Gasteiger partial charge in [-0.2, -0.15) is 0 Å². The SMILES string of the molecule is CNCCNC[C@@H]1C[C@H]2C=C3[C@@]45[C@H](CCC[C@]46CC[C@H]4C(C)(C)[C@@H](O[C@@H]7O[C@H](C(=O)O)[C@@H](O)[C@H](O)[C@H]7O)C[C@@]17C=CC(=C[C@@H]5CC=O)[C@]26[C@]47C)C[C@@]1(C(=O)O)[C@H](COC)C[C@]2(C)CC=C[C@]31[C@@H]2O. The lowest BCUT2D eigenvalue weighted by Gasteiger charge is -2.89. The van der Waals surface area contributed by atoms with Gasteiger partial charge in [0.1, 0.15) is 24.6 Å². The molecule has 1 heterocycles. The second-order valence-electron chi connectivity index (χ2n) is 24.8. The van der Waals surface area contributed by atoms with Crippen molar-refractivity contribution in [1.82, 2.24) is 10.6 Å². The average Bonchev–Trinajstić information content (AvgIpc) is 3.27. The first-order chi connectivity index (χ1) is 32.3. The number of hydrogen-bond acceptors (Lipinski definition) is 12. The van der Waals surface area contributed by atoms with Crippen molar-refractivity contribution in [2.45, 2.75) is 141 Å². The van der Waals surface area contributed by atoms with Crippen LogP contribution >= 0.6 is 0 Å². The minimum atomic E-state index is -1.84. The highest BCUT2D eigenvalue weighted by Crippen LogP contribution is 2.95. The number of aldehydes is 1. The molecule has 68 heavy (non-hydrogen) atoms. The number of methoxy groups -OCH3 is 1. The first-order valence-corrected chi connectivity index (χ1v) is 25.9. The number of nitrogens with one attached hydrogen (secondary N) is 2. The number of aliphatic hydroxyl groups excluding tert-OH is 4. The number of aliphatic hydroxyl groups is 4. The van der Waals surface area contributed by atoms with E-state index >= 15 is 0 Å². The second kappa shape index (κ2) is 15.4. The minimum absolute atomic E-state index is 0.0148. The number of allylic oxidation sites excluding steroid dienone is 6. The number of aliphatic carboxylic acids is 2. The van der Waals surface area contributed by atoms with Crippen molar-refractivity contribution in [3.63, 3.8) is 0 Å². The summed E-state index contributed by atoms with van der Waals surface area (Å²) in [6.07, 6.45) is 12.7. The summed E-state index contributed by atoms with van der Waals surface area (Å²) >= 11 is 0. The molecule has 11 aliphatic rings. The van der Waals surface area contributed by atoms with Crippen molar-refractivity contribution in [3.05, 3.63) is 47.6 Å². The summed E-state index contributed by atoms with van der Waals surface area (Å²) in [5, 5.41) is 75.8. The van der Waals surface area contributed by atoms with E-state index in [1.165, 1.54) is 5.57 Å². The van der Waals surface area contributed by atoms with Crippen molar-refractivity contribution in [3.8, 4) is 0 Å². The topological polar surface area (TPSA) is 224 Å². The lowest BCUT2D eigenvalue weighted by Crippen LogP contribution is -2.86. The third-order valence-electron chi connectivity index (χ3n) is 22.9. The molecule has 8 N–H and O–H groups in total. The standard InChI is InChI=1S/C54H76N2O12/c1-46(2)35-11-17-50-14-7-9-31-25-52(45(64)65)34(28-66-6)24-47(3)13-8-15-51(52,44(47)63)36-23-32-22-33(27-56-19-18-55-5)49(26-37(46)67-43-40(60)38(58)39(59)41(68-43)42(61)62)16-10-30(54(32,50)48(35,49)4)21-29(12-20-57)53(31,36)50/h8,10,15-16,20-21,23,29,31-35,37-41,43-44,55-56,58-60,63H,7,9,11-14,17-19,22,24-28H2,1-6H3,(H,61,62)(H,64,65)/t29-,31+,32-,33-,34-,35-,37-,38-,39-,40+,41-,43+,44+,47-,48+,49-,50-,51+,52-,53+,54+/m0/s1. The Morgan fingerprint density at radius 2 is 1.72 bits per heavy atom. The maximum Gasteiger partial charge on any atom is 0.335 e. The number of fused-ring (bicyclic) bond motifs is 1. The Kier molecular flexibility index (Phi) is 10.7. The van der Waals surface area contributed by atoms with Gasteiger partial charge in [0.15, 0.2) is 12.4 Å². The molecule has 0 amide bonds. The predicted octanol–water partition coefficient (Wildman–Crippen LogP) is 4.41. The zero-order valence-electron chi connectivity index (χ0n) is 40.8. The van der Waals surface area contributed by atoms with Gasteiger partial charge in [-0.05, 0) is 128 Å². The monoisotopic (exact) mass is 945 g/mol. The van der Waals surface area contributed by atoms with Crippen molar-refractivity contribution in [2.75, 3.05) is 40.4 Å². The Morgan fingerprint density at radius 3 is 2.43 bits per heavy atom. The van der Waals surface area contributed by atoms with E-state index in [0.717, 1.165) is 63.5 Å². The molecular weight excluding hydrogens is 869 g/mol. The highest BCUT2D eigenvalue weighted by molar-refractivity contribution is 5.81. The zero-order chi connectivity index (χ0) is 48.4. The first-order valence-electron chi connectivity index (χ1n) is 25.9. The Balaban J connectivity index is 1.18. The highest BCUT2D eigenvalue weighted by atomic mass is 16.7. The van der Waals surface area contributed by atoms with E-state index in [1.54, 1.807) is 7.11 Å². The maximum atomic E-state index is 14.8. The number of likely N-dealkylation sites (N-methyl/N-ethyl adjacent to an activating group) is 1. The molecule has 11 rings (SSSR count). The third kappa shape index (κ3) is 5.04. The van der Waals surface area contributed by atoms with Crippen LogP contribution in [0.3, 0.4) is 0 Å². The number of carbonyl (C=O) groups excluding carboxylic acids is 1. The smallest absolute Gasteiger partial charge is 0.335 e. The summed E-state index contributed by atoms with van der Waals surface area (Å²) in [7, 11) is 3.60. The molecule has 21 atom stereocenters. The van der Waals surface area contributed by atoms with Crippen LogP contribution in [0.1, 0.15) is 98.3 Å². The second-order valence-corrected chi connectivity index (χ2v) is 24.8. The number of rotatable bonds is 13. The molecule has 0 aromatic rings. The van der Waals surface area contributed by atoms with Crippen LogP contribution in [0.4, 0.5) is 0 Å². The third-order valence-corrected chi connectivity index (χ3v) is 22.9. The summed E-state index contributed by atoms with van der Waals surface area (Å²) in [5.74, 6) is -2.95. The molecule has 0 unspecified atom stereocenters. The molecular formula is C54H76N2O12. The maximum absolute atomic E-state index is 14.8. The fourth-order valence-electron chi connectivity index (χ4n) is 21.1. The van der Waals surface area contributed by atoms with E-state index in [4.69, 9.17) is 14.2 Å². The van der Waals surface area contributed by atoms with Crippen molar-refractivity contribution in [2.24, 2.45) is 84.2 Å². The molecule has 6 saturated carbocycles. The number of carboxylic acid groups (broad SMARTS) is 2. The van der Waals surface area contributed by atoms with Gasteiger partial charge in [-0.3, -0.25) is 4.79 Å². The molecule has 7 fully saturated rings. The van der Waals surface area contributed by atoms with E-state index in [0.29, 0.717) is 38.6 Å². The summed E-state index contributed by atoms with van der Waals surface area (Å²) in [6.45, 7) is 11.7. The van der Waals surface area contributed by atoms with E-state index in [1.807, 2.05) is 7.05 Å². The van der Waals surface area contributed by atoms with Gasteiger partial charge in [0, 0.05) is 48.8 Å². The minimum Gasteiger partial charge on any atom is -0.481 e. The number of hydrogen-bond donors (Lipinski definition) is 8. The zero-order valence-corrected chi connectivity index (χ0v) is 40.8. The summed E-state index contributed by atoms with van der Waals surface area (Å²) < 4.78 is 18.8. The lowest BCUT2D eigenvalue weighted by molar-refractivity contribution is -0.376. The first kappa shape index (κ1) is 47.5. The summed E-state index contributed by atoms with van der Waals surface area (Å²) in [4.78, 5) is 40.5. The van der Waals surface area contributed by atoms with E-state index in [9.17, 15) is 45.0 Å². The van der Waals surface area contributed by atoms with Crippen LogP contribution in [-0.4, -0.2) is 132 Å². The number of carbonyl (C=O) groups is 3. The molecule has 0 aromatic heterocycles. The van der Waals surface area contributed by atoms with Crippen LogP contribution < -0.4 is 10.6 Å². The van der Waals surface area contributed by atoms with Crippen LogP contribution in [0.5, 0.6) is 0 Å². The normalized spacial score (nSPS) is 53.8. The van der Waals surface area contributed by atoms with Crippen LogP contribution in [0.15, 0.2) is 47.6 Å². The van der Waals surface area contributed by atoms with Crippen LogP contribution in [0, 0.1) is 84.2 Å². The molecule has 5 bridgehead atoms. The molecule has 0 aromatic carbocycles. The van der Waals surface area contributed by atoms with Gasteiger partial charge in [0.05, 0.1) is 29.6 Å². The van der Waals surface area contributed by atoms with Gasteiger partial charge in [0.25, 0.3) is 0 Å². The molecule has 4 spiro atoms. The van der Waals surface area contributed by atoms with Crippen molar-refractivity contribution >= 4 is 18.2 Å². The lowest BCUT2D eigenvalue weighted by atomic mass is 9.14. The molecule has 1 aliphatic heterocycles. The van der Waals surface area contributed by atoms with Gasteiger partial charge >= 0.3 is 11.9 Å². The van der Waals surface area contributed by atoms with E-state index in [2.05, 4.69) is 74.8 Å². The van der Waals surface area contributed by atoms with Crippen LogP contribution in [-0.2, 0) is 28.6 Å². The summed E-state index contributed by atoms with van der Waals surface area (Å²) in [6, 6.07) is 0. The highest BCUT2D eigenvalue weighted by Gasteiger charge is 2.91. The average molecular weight is 945 g/mol. The Labute approximate surface area is 400 Å². The number of carboxylic acids is 2. The van der Waals surface area contributed by atoms with Gasteiger partial charge in [-0.1, -0.05) is 76.1 Å². The number of ether oxygens (including phenoxy) is 3. The fourth-order valence-corrected chi connectivity index (χ4v) is 21.1. The molecule has 10 aliphatic carbocycles. The molecule has 0 radical (unpaired) electrons. The van der Waals surface area contributed by atoms with E-state index in [-0.39, 0.29) is 42.1 Å². The summed E-state index contributed by atoms with van der Waals surface area (Å²) in [5.41, 5.74) is -3.81. The van der Waals surface area contributed by atoms with Gasteiger partial charge in [-0.15, -0.1) is 0 Å². The van der Waals surface area contributed by atoms with Gasteiger partial charge < -0.3 is 60.3 Å². The largest absolute Gasteiger partial charge is 0.481 e. The fraction of sp³-hybridized carbons (Fsp3) is 0.796. The molecule has 374 valence electrons. The van der Waals surface area contributed by atoms with E-state index < -0.39 is 104 Å². The molecule has 14 heteroatoms. The van der Waals surface area contributed by atoms with Gasteiger partial charge in [-0.25, -0.2) is 4.79 Å². The van der Waals surface area contributed by atoms with Crippen molar-refractivity contribution < 1.29 is 59.2 Å². The molecule has 1 saturated heterocycles.